The molecule has 2 aliphatic carbocycles. The molecule has 4 aliphatic rings. The molecular weight excluding hydrogens is 899 g/mol. The number of nitrogens with zero attached hydrogens (tertiary/aromatic N) is 3. The number of hydrogen-bond donors (Lipinski definition) is 2. The van der Waals surface area contributed by atoms with Crippen LogP contribution in [-0.4, -0.2) is 45.8 Å². The monoisotopic (exact) mass is 928 g/mol. The van der Waals surface area contributed by atoms with Crippen LogP contribution in [0.25, 0.3) is 6.08 Å². The minimum atomic E-state index is -4.75. The Morgan fingerprint density at radius 3 is 2.35 bits per heavy atom. The van der Waals surface area contributed by atoms with E-state index in [2.05, 4.69) is 33.0 Å². The van der Waals surface area contributed by atoms with Crippen LogP contribution in [0.2, 0.25) is 10.0 Å². The van der Waals surface area contributed by atoms with Gasteiger partial charge in [0.25, 0.3) is 11.8 Å². The number of methoxy groups -OCH3 is 1. The van der Waals surface area contributed by atoms with Crippen molar-refractivity contribution in [1.29, 1.82) is 0 Å². The number of carbonyl (C=O) groups excluding carboxylic acids is 4. The molecule has 3 fully saturated rings. The number of imide groups is 2. The van der Waals surface area contributed by atoms with E-state index in [1.54, 1.807) is 72.8 Å². The van der Waals surface area contributed by atoms with Crippen LogP contribution in [0.15, 0.2) is 96.7 Å². The number of hydrazine groups is 1. The molecule has 4 amide bonds. The zero-order valence-electron chi connectivity index (χ0n) is 29.6. The van der Waals surface area contributed by atoms with Crippen molar-refractivity contribution in [3.8, 4) is 11.5 Å². The number of allylic oxidation sites excluding steroid dienone is 3. The van der Waals surface area contributed by atoms with Crippen molar-refractivity contribution >= 4 is 87.0 Å². The van der Waals surface area contributed by atoms with Gasteiger partial charge in [0.1, 0.15) is 0 Å². The second-order valence-corrected chi connectivity index (χ2v) is 16.3. The number of ether oxygens (including phenoxy) is 1. The van der Waals surface area contributed by atoms with Crippen molar-refractivity contribution in [2.24, 2.45) is 29.6 Å². The van der Waals surface area contributed by atoms with Crippen LogP contribution in [0.4, 0.5) is 24.7 Å². The van der Waals surface area contributed by atoms with E-state index in [-0.39, 0.29) is 36.1 Å². The Kier molecular flexibility index (Phi) is 9.88. The van der Waals surface area contributed by atoms with Crippen molar-refractivity contribution in [2.75, 3.05) is 17.4 Å². The molecular formula is C41H30Cl2F3IN4O6. The van der Waals surface area contributed by atoms with E-state index in [0.29, 0.717) is 39.7 Å². The maximum Gasteiger partial charge on any atom is 0.417 e. The average molecular weight is 930 g/mol. The van der Waals surface area contributed by atoms with Gasteiger partial charge in [0.05, 0.1) is 46.6 Å². The number of alkyl halides is 3. The molecule has 1 saturated carbocycles. The Hall–Kier alpha value is -4.93. The van der Waals surface area contributed by atoms with Gasteiger partial charge in [-0.05, 0) is 107 Å². The number of rotatable bonds is 7. The van der Waals surface area contributed by atoms with Crippen LogP contribution in [-0.2, 0) is 30.8 Å². The second kappa shape index (κ2) is 14.5. The van der Waals surface area contributed by atoms with Gasteiger partial charge >= 0.3 is 6.18 Å². The molecule has 6 unspecified atom stereocenters. The van der Waals surface area contributed by atoms with Crippen molar-refractivity contribution in [1.82, 2.24) is 9.99 Å². The number of halogens is 6. The number of phenols is 1. The summed E-state index contributed by atoms with van der Waals surface area (Å²) in [5, 5.41) is 10.9. The molecule has 0 radical (unpaired) electrons. The molecule has 4 aromatic rings. The van der Waals surface area contributed by atoms with Crippen LogP contribution in [0.5, 0.6) is 11.5 Å². The lowest BCUT2D eigenvalue weighted by Gasteiger charge is -2.49. The molecule has 16 heteroatoms. The number of carbonyl (C=O) groups is 4. The van der Waals surface area contributed by atoms with Gasteiger partial charge in [-0.2, -0.15) is 18.2 Å². The van der Waals surface area contributed by atoms with Gasteiger partial charge in [0.2, 0.25) is 11.8 Å². The first-order valence-electron chi connectivity index (χ1n) is 17.7. The van der Waals surface area contributed by atoms with Gasteiger partial charge in [-0.1, -0.05) is 65.2 Å². The third-order valence-electron chi connectivity index (χ3n) is 11.4. The summed E-state index contributed by atoms with van der Waals surface area (Å²) in [6.45, 7) is 0. The fourth-order valence-electron chi connectivity index (χ4n) is 8.88. The first kappa shape index (κ1) is 38.9. The topological polar surface area (TPSA) is 129 Å². The van der Waals surface area contributed by atoms with E-state index in [0.717, 1.165) is 8.58 Å². The fraction of sp³-hybridized carbons (Fsp3) is 0.244. The summed E-state index contributed by atoms with van der Waals surface area (Å²) in [7, 11) is 1.40. The van der Waals surface area contributed by atoms with E-state index < -0.39 is 69.5 Å². The summed E-state index contributed by atoms with van der Waals surface area (Å²) in [5.74, 6) is -6.86. The number of anilines is 2. The molecule has 1 aromatic heterocycles. The highest BCUT2D eigenvalue weighted by molar-refractivity contribution is 14.1. The quantitative estimate of drug-likeness (QED) is 0.107. The smallest absolute Gasteiger partial charge is 0.417 e. The Bertz CT molecular complexity index is 2410. The fourth-order valence-corrected chi connectivity index (χ4v) is 9.57. The first-order chi connectivity index (χ1) is 27.1. The third kappa shape index (κ3) is 6.36. The van der Waals surface area contributed by atoms with E-state index in [9.17, 15) is 32.7 Å². The van der Waals surface area contributed by atoms with Gasteiger partial charge in [-0.3, -0.25) is 29.5 Å². The maximum absolute atomic E-state index is 15.3. The van der Waals surface area contributed by atoms with Crippen LogP contribution in [0.3, 0.4) is 0 Å². The standard InChI is InChI=1S/C41H30Cl2F3IN4O6/c1-57-33-16-20(3-15-32(33)52)2-14-29-26-12-13-27-34(38(55)50(36(27)53)25-10-8-24(47)9-11-25)28(26)18-30-37(54)51(39(56)40(29,30)21-4-6-23(42)7-5-21)49-35-31(43)17-22(19-48-35)41(44,45)46/h2-12,14-17,19,27-30,34,52H,13,18H2,1H3,(H,48,49). The van der Waals surface area contributed by atoms with Gasteiger partial charge in [0, 0.05) is 20.7 Å². The van der Waals surface area contributed by atoms with Crippen LogP contribution >= 0.6 is 45.8 Å². The summed E-state index contributed by atoms with van der Waals surface area (Å²) in [5.41, 5.74) is 1.89. The number of fused-ring (bicyclic) bond motifs is 4. The Morgan fingerprint density at radius 2 is 1.68 bits per heavy atom. The number of pyridine rings is 1. The number of aromatic hydroxyl groups is 1. The lowest BCUT2D eigenvalue weighted by Crippen LogP contribution is -2.54. The van der Waals surface area contributed by atoms with Gasteiger partial charge in [-0.25, -0.2) is 4.98 Å². The molecule has 57 heavy (non-hydrogen) atoms. The average Bonchev–Trinajstić information content (AvgIpc) is 3.56. The third-order valence-corrected chi connectivity index (χ3v) is 12.6. The van der Waals surface area contributed by atoms with Crippen molar-refractivity contribution < 1.29 is 42.2 Å². The second-order valence-electron chi connectivity index (χ2n) is 14.2. The van der Waals surface area contributed by atoms with E-state index in [1.807, 2.05) is 6.08 Å². The lowest BCUT2D eigenvalue weighted by atomic mass is 9.50. The zero-order valence-corrected chi connectivity index (χ0v) is 33.3. The molecule has 8 rings (SSSR count). The molecule has 0 bridgehead atoms. The van der Waals surface area contributed by atoms with E-state index >= 15 is 4.79 Å². The predicted octanol–water partition coefficient (Wildman–Crippen LogP) is 8.46. The van der Waals surface area contributed by atoms with Crippen LogP contribution in [0, 0.1) is 33.2 Å². The first-order valence-corrected chi connectivity index (χ1v) is 19.5. The summed E-state index contributed by atoms with van der Waals surface area (Å²) in [4.78, 5) is 63.6. The maximum atomic E-state index is 15.3. The van der Waals surface area contributed by atoms with Gasteiger partial charge in [-0.15, -0.1) is 0 Å². The minimum Gasteiger partial charge on any atom is -0.504 e. The van der Waals surface area contributed by atoms with E-state index in [4.69, 9.17) is 27.9 Å². The molecule has 6 atom stereocenters. The van der Waals surface area contributed by atoms with Gasteiger partial charge < -0.3 is 9.84 Å². The Labute approximate surface area is 347 Å². The molecule has 10 nitrogen and oxygen atoms in total. The van der Waals surface area contributed by atoms with E-state index in [1.165, 1.54) is 18.1 Å². The number of nitrogens with one attached hydrogen (secondary N) is 1. The van der Waals surface area contributed by atoms with Gasteiger partial charge in [0.15, 0.2) is 17.3 Å². The highest BCUT2D eigenvalue weighted by Gasteiger charge is 2.69. The summed E-state index contributed by atoms with van der Waals surface area (Å²) < 4.78 is 46.7. The molecule has 2 aliphatic heterocycles. The molecule has 3 heterocycles. The molecule has 292 valence electrons. The Balaban J connectivity index is 1.29. The van der Waals surface area contributed by atoms with Crippen LogP contribution < -0.4 is 15.1 Å². The number of aromatic nitrogens is 1. The number of benzene rings is 3. The van der Waals surface area contributed by atoms with Crippen molar-refractivity contribution in [3.05, 3.63) is 127 Å². The molecule has 2 N–H and O–H groups in total. The Morgan fingerprint density at radius 1 is 0.965 bits per heavy atom. The van der Waals surface area contributed by atoms with Crippen LogP contribution in [0.1, 0.15) is 29.5 Å². The highest BCUT2D eigenvalue weighted by atomic mass is 127. The normalized spacial score (nSPS) is 25.7. The number of phenolic OH excluding ortho intramolecular Hbond substituents is 1. The number of hydrogen-bond acceptors (Lipinski definition) is 8. The molecule has 3 aromatic carbocycles. The van der Waals surface area contributed by atoms with Crippen molar-refractivity contribution in [3.63, 3.8) is 0 Å². The summed E-state index contributed by atoms with van der Waals surface area (Å²) in [6, 6.07) is 18.8. The SMILES string of the molecule is COc1cc(C=CC2C3=CCC4C(=O)N(c5ccc(I)cc5)C(=O)C4C3CC3C(=O)N(Nc4ncc(C(F)(F)F)cc4Cl)C(=O)C23c2ccc(Cl)cc2)ccc1O. The molecule has 0 spiro atoms. The zero-order chi connectivity index (χ0) is 40.6. The number of amides is 4. The summed E-state index contributed by atoms with van der Waals surface area (Å²) in [6.07, 6.45) is 1.33. The predicted molar refractivity (Wildman–Crippen MR) is 213 cm³/mol. The van der Waals surface area contributed by atoms with Crippen molar-refractivity contribution in [2.45, 2.75) is 24.4 Å². The minimum absolute atomic E-state index is 0.0243. The molecule has 2 saturated heterocycles. The summed E-state index contributed by atoms with van der Waals surface area (Å²) >= 11 is 14.7. The highest BCUT2D eigenvalue weighted by Crippen LogP contribution is 2.62. The lowest BCUT2D eigenvalue weighted by molar-refractivity contribution is -0.139. The largest absolute Gasteiger partial charge is 0.504 e.